The van der Waals surface area contributed by atoms with Gasteiger partial charge < -0.3 is 10.4 Å². The van der Waals surface area contributed by atoms with Crippen LogP contribution in [0.1, 0.15) is 4.88 Å². The number of benzene rings is 1. The highest BCUT2D eigenvalue weighted by molar-refractivity contribution is 7.10. The van der Waals surface area contributed by atoms with Crippen molar-refractivity contribution in [2.75, 3.05) is 5.32 Å². The summed E-state index contributed by atoms with van der Waals surface area (Å²) in [4.78, 5) is 1.12. The maximum Gasteiger partial charge on any atom is 0.141 e. The van der Waals surface area contributed by atoms with Crippen molar-refractivity contribution in [2.24, 2.45) is 0 Å². The van der Waals surface area contributed by atoms with Gasteiger partial charge in [0, 0.05) is 10.9 Å². The fourth-order valence-electron chi connectivity index (χ4n) is 1.27. The number of anilines is 2. The van der Waals surface area contributed by atoms with Gasteiger partial charge in [-0.2, -0.15) is 0 Å². The van der Waals surface area contributed by atoms with E-state index in [2.05, 4.69) is 5.32 Å². The minimum atomic E-state index is -0.444. The van der Waals surface area contributed by atoms with Crippen LogP contribution < -0.4 is 5.32 Å². The van der Waals surface area contributed by atoms with Crippen molar-refractivity contribution < 1.29 is 9.50 Å². The third-order valence-corrected chi connectivity index (χ3v) is 2.93. The molecule has 1 aromatic heterocycles. The lowest BCUT2D eigenvalue weighted by Crippen LogP contribution is -1.90. The Morgan fingerprint density at radius 3 is 2.67 bits per heavy atom. The van der Waals surface area contributed by atoms with E-state index in [9.17, 15) is 9.50 Å². The Morgan fingerprint density at radius 1 is 1.27 bits per heavy atom. The van der Waals surface area contributed by atoms with Crippen LogP contribution in [0.3, 0.4) is 0 Å². The summed E-state index contributed by atoms with van der Waals surface area (Å²) in [6.07, 6.45) is 0. The number of hydrogen-bond acceptors (Lipinski definition) is 3. The smallest absolute Gasteiger partial charge is 0.141 e. The zero-order valence-electron chi connectivity index (χ0n) is 8.12. The van der Waals surface area contributed by atoms with Gasteiger partial charge in [0.25, 0.3) is 0 Å². The monoisotopic (exact) mass is 223 g/mol. The average Bonchev–Trinajstić information content (AvgIpc) is 2.57. The molecule has 1 heterocycles. The van der Waals surface area contributed by atoms with E-state index < -0.39 is 5.82 Å². The molecule has 0 spiro atoms. The molecule has 0 aliphatic rings. The fraction of sp³-hybridized carbons (Fsp3) is 0.0909. The van der Waals surface area contributed by atoms with Gasteiger partial charge >= 0.3 is 0 Å². The van der Waals surface area contributed by atoms with Crippen LogP contribution >= 0.6 is 11.3 Å². The molecule has 0 radical (unpaired) electrons. The summed E-state index contributed by atoms with van der Waals surface area (Å²) in [6.45, 7) is 1.98. The molecule has 2 N–H and O–H groups in total. The zero-order valence-corrected chi connectivity index (χ0v) is 8.94. The molecule has 2 aromatic rings. The first-order valence-corrected chi connectivity index (χ1v) is 5.34. The number of phenols is 1. The first-order valence-electron chi connectivity index (χ1n) is 4.46. The molecule has 78 valence electrons. The van der Waals surface area contributed by atoms with Crippen LogP contribution in [0.2, 0.25) is 0 Å². The van der Waals surface area contributed by atoms with Crippen molar-refractivity contribution in [3.8, 4) is 5.75 Å². The van der Waals surface area contributed by atoms with Gasteiger partial charge in [0.1, 0.15) is 11.6 Å². The van der Waals surface area contributed by atoms with Gasteiger partial charge in [-0.3, -0.25) is 0 Å². The van der Waals surface area contributed by atoms with Crippen molar-refractivity contribution >= 4 is 22.7 Å². The van der Waals surface area contributed by atoms with Crippen molar-refractivity contribution in [3.63, 3.8) is 0 Å². The first kappa shape index (κ1) is 9.98. The van der Waals surface area contributed by atoms with Crippen LogP contribution in [-0.2, 0) is 0 Å². The largest absolute Gasteiger partial charge is 0.506 e. The molecule has 1 aromatic carbocycles. The second-order valence-corrected chi connectivity index (χ2v) is 4.30. The lowest BCUT2D eigenvalue weighted by molar-refractivity contribution is 0.471. The van der Waals surface area contributed by atoms with Gasteiger partial charge in [0.2, 0.25) is 0 Å². The number of aryl methyl sites for hydroxylation is 1. The quantitative estimate of drug-likeness (QED) is 0.762. The molecule has 0 unspecified atom stereocenters. The summed E-state index contributed by atoms with van der Waals surface area (Å²) >= 11 is 1.61. The summed E-state index contributed by atoms with van der Waals surface area (Å²) in [5.41, 5.74) is 1.44. The van der Waals surface area contributed by atoms with Gasteiger partial charge in [0.15, 0.2) is 0 Å². The Morgan fingerprint density at radius 2 is 2.07 bits per heavy atom. The molecular weight excluding hydrogens is 213 g/mol. The first-order chi connectivity index (χ1) is 7.16. The van der Waals surface area contributed by atoms with E-state index in [0.29, 0.717) is 5.69 Å². The number of rotatable bonds is 2. The summed E-state index contributed by atoms with van der Waals surface area (Å²) < 4.78 is 12.7. The molecule has 0 aliphatic heterocycles. The van der Waals surface area contributed by atoms with E-state index in [1.165, 1.54) is 12.1 Å². The number of halogens is 1. The summed E-state index contributed by atoms with van der Waals surface area (Å²) in [7, 11) is 0. The van der Waals surface area contributed by atoms with Crippen LogP contribution in [-0.4, -0.2) is 5.11 Å². The number of aromatic hydroxyl groups is 1. The molecule has 0 aliphatic carbocycles. The molecule has 2 nitrogen and oxygen atoms in total. The summed E-state index contributed by atoms with van der Waals surface area (Å²) in [5.74, 6) is -0.527. The van der Waals surface area contributed by atoms with Crippen LogP contribution in [0.5, 0.6) is 5.75 Å². The minimum absolute atomic E-state index is 0.0828. The Balaban J connectivity index is 2.29. The fourth-order valence-corrected chi connectivity index (χ4v) is 1.92. The lowest BCUT2D eigenvalue weighted by Gasteiger charge is -2.07. The molecule has 2 rings (SSSR count). The third-order valence-electron chi connectivity index (χ3n) is 2.09. The zero-order chi connectivity index (χ0) is 10.8. The van der Waals surface area contributed by atoms with E-state index in [1.807, 2.05) is 18.4 Å². The molecular formula is C11H10FNOS. The topological polar surface area (TPSA) is 32.3 Å². The molecule has 15 heavy (non-hydrogen) atoms. The predicted octanol–water partition coefficient (Wildman–Crippen LogP) is 3.64. The number of hydrogen-bond donors (Lipinski definition) is 2. The Bertz CT molecular complexity index is 481. The summed E-state index contributed by atoms with van der Waals surface area (Å²) in [5, 5.41) is 14.5. The molecule has 0 atom stereocenters. The number of phenolic OH excluding ortho intramolecular Hbond substituents is 1. The van der Waals surface area contributed by atoms with Crippen molar-refractivity contribution in [1.29, 1.82) is 0 Å². The van der Waals surface area contributed by atoms with Crippen LogP contribution in [0.4, 0.5) is 15.8 Å². The van der Waals surface area contributed by atoms with Crippen LogP contribution in [0.25, 0.3) is 0 Å². The van der Waals surface area contributed by atoms with Gasteiger partial charge in [0.05, 0.1) is 11.4 Å². The Labute approximate surface area is 91.0 Å². The highest BCUT2D eigenvalue weighted by Crippen LogP contribution is 2.30. The second kappa shape index (κ2) is 3.90. The van der Waals surface area contributed by atoms with E-state index in [0.717, 1.165) is 16.6 Å². The Hall–Kier alpha value is -1.55. The molecule has 0 bridgehead atoms. The van der Waals surface area contributed by atoms with Crippen LogP contribution in [0, 0.1) is 12.7 Å². The van der Waals surface area contributed by atoms with E-state index in [4.69, 9.17) is 0 Å². The van der Waals surface area contributed by atoms with Gasteiger partial charge in [-0.25, -0.2) is 4.39 Å². The molecule has 0 saturated heterocycles. The SMILES string of the molecule is Cc1sccc1Nc1ccc(F)cc1O. The third kappa shape index (κ3) is 2.10. The highest BCUT2D eigenvalue weighted by Gasteiger charge is 2.05. The molecule has 4 heteroatoms. The number of thiophene rings is 1. The normalized spacial score (nSPS) is 10.3. The predicted molar refractivity (Wildman–Crippen MR) is 60.4 cm³/mol. The molecule has 0 fully saturated rings. The maximum absolute atomic E-state index is 12.7. The van der Waals surface area contributed by atoms with E-state index >= 15 is 0 Å². The van der Waals surface area contributed by atoms with Crippen molar-refractivity contribution in [3.05, 3.63) is 40.3 Å². The van der Waals surface area contributed by atoms with Crippen molar-refractivity contribution in [1.82, 2.24) is 0 Å². The minimum Gasteiger partial charge on any atom is -0.506 e. The van der Waals surface area contributed by atoms with Gasteiger partial charge in [-0.15, -0.1) is 11.3 Å². The van der Waals surface area contributed by atoms with E-state index in [-0.39, 0.29) is 5.75 Å². The lowest BCUT2D eigenvalue weighted by atomic mass is 10.2. The standard InChI is InChI=1S/C11H10FNOS/c1-7-9(4-5-15-7)13-10-3-2-8(12)6-11(10)14/h2-6,13-14H,1H3. The van der Waals surface area contributed by atoms with Gasteiger partial charge in [-0.1, -0.05) is 0 Å². The second-order valence-electron chi connectivity index (χ2n) is 3.18. The molecule has 0 saturated carbocycles. The summed E-state index contributed by atoms with van der Waals surface area (Å²) in [6, 6.07) is 5.83. The van der Waals surface area contributed by atoms with Gasteiger partial charge in [-0.05, 0) is 30.5 Å². The number of nitrogens with one attached hydrogen (secondary N) is 1. The Kier molecular flexibility index (Phi) is 2.60. The average molecular weight is 223 g/mol. The van der Waals surface area contributed by atoms with Crippen LogP contribution in [0.15, 0.2) is 29.6 Å². The maximum atomic E-state index is 12.7. The molecule has 0 amide bonds. The highest BCUT2D eigenvalue weighted by atomic mass is 32.1. The van der Waals surface area contributed by atoms with E-state index in [1.54, 1.807) is 11.3 Å². The van der Waals surface area contributed by atoms with Crippen molar-refractivity contribution in [2.45, 2.75) is 6.92 Å².